The van der Waals surface area contributed by atoms with E-state index in [4.69, 9.17) is 4.84 Å². The van der Waals surface area contributed by atoms with Gasteiger partial charge >= 0.3 is 5.97 Å². The molecule has 1 aromatic heterocycles. The van der Waals surface area contributed by atoms with Gasteiger partial charge in [0.05, 0.1) is 5.71 Å². The van der Waals surface area contributed by atoms with Crippen LogP contribution in [-0.4, -0.2) is 16.2 Å². The number of carbonyl (C=O) groups is 1. The number of hydrogen-bond donors (Lipinski definition) is 0. The third-order valence-electron chi connectivity index (χ3n) is 5.63. The van der Waals surface area contributed by atoms with Crippen molar-refractivity contribution in [3.8, 4) is 0 Å². The van der Waals surface area contributed by atoms with Crippen molar-refractivity contribution in [2.45, 2.75) is 40.7 Å². The van der Waals surface area contributed by atoms with Crippen LogP contribution in [0, 0.1) is 6.92 Å². The average Bonchev–Trinajstić information content (AvgIpc) is 3.06. The number of aromatic nitrogens is 1. The first-order valence-electron chi connectivity index (χ1n) is 10.3. The van der Waals surface area contributed by atoms with Crippen molar-refractivity contribution in [1.29, 1.82) is 0 Å². The van der Waals surface area contributed by atoms with Crippen LogP contribution in [0.25, 0.3) is 21.8 Å². The lowest BCUT2D eigenvalue weighted by Gasteiger charge is -2.07. The summed E-state index contributed by atoms with van der Waals surface area (Å²) < 4.78 is 2.34. The minimum Gasteiger partial charge on any atom is -0.341 e. The van der Waals surface area contributed by atoms with Gasteiger partial charge in [0.15, 0.2) is 0 Å². The number of benzene rings is 3. The van der Waals surface area contributed by atoms with Gasteiger partial charge in [0.2, 0.25) is 0 Å². The Morgan fingerprint density at radius 1 is 0.967 bits per heavy atom. The van der Waals surface area contributed by atoms with Crippen molar-refractivity contribution < 1.29 is 9.63 Å². The molecule has 0 aliphatic rings. The molecule has 0 fully saturated rings. The second-order valence-corrected chi connectivity index (χ2v) is 7.69. The number of carbonyl (C=O) groups excluding carboxylic acids is 1. The van der Waals surface area contributed by atoms with E-state index in [0.29, 0.717) is 5.71 Å². The minimum absolute atomic E-state index is 0.418. The van der Waals surface area contributed by atoms with Crippen LogP contribution in [0.5, 0.6) is 0 Å². The fourth-order valence-electron chi connectivity index (χ4n) is 4.04. The molecule has 3 aromatic carbocycles. The van der Waals surface area contributed by atoms with Crippen LogP contribution in [0.15, 0.2) is 65.8 Å². The molecular weight excluding hydrogens is 372 g/mol. The molecule has 4 aromatic rings. The van der Waals surface area contributed by atoms with E-state index in [0.717, 1.165) is 18.5 Å². The van der Waals surface area contributed by atoms with Gasteiger partial charge in [0, 0.05) is 35.3 Å². The highest BCUT2D eigenvalue weighted by Crippen LogP contribution is 2.31. The number of hydrogen-bond acceptors (Lipinski definition) is 3. The van der Waals surface area contributed by atoms with Crippen LogP contribution in [0.1, 0.15) is 43.0 Å². The predicted molar refractivity (Wildman–Crippen MR) is 123 cm³/mol. The van der Waals surface area contributed by atoms with E-state index < -0.39 is 5.97 Å². The molecule has 0 saturated carbocycles. The summed E-state index contributed by atoms with van der Waals surface area (Å²) in [6, 6.07) is 21.6. The molecule has 4 heteroatoms. The fourth-order valence-corrected chi connectivity index (χ4v) is 4.04. The lowest BCUT2D eigenvalue weighted by atomic mass is 9.99. The molecule has 152 valence electrons. The molecule has 0 aliphatic carbocycles. The number of fused-ring (bicyclic) bond motifs is 3. The summed E-state index contributed by atoms with van der Waals surface area (Å²) in [6.07, 6.45) is 0.911. The van der Waals surface area contributed by atoms with E-state index >= 15 is 0 Å². The van der Waals surface area contributed by atoms with Crippen LogP contribution in [0.3, 0.4) is 0 Å². The molecule has 0 saturated heterocycles. The summed E-state index contributed by atoms with van der Waals surface area (Å²) in [5, 5.41) is 6.38. The number of oxime groups is 1. The maximum atomic E-state index is 11.1. The van der Waals surface area contributed by atoms with Gasteiger partial charge in [0.25, 0.3) is 0 Å². The van der Waals surface area contributed by atoms with Gasteiger partial charge in [-0.15, -0.1) is 0 Å². The van der Waals surface area contributed by atoms with E-state index in [-0.39, 0.29) is 0 Å². The van der Waals surface area contributed by atoms with Crippen LogP contribution in [-0.2, 0) is 22.6 Å². The van der Waals surface area contributed by atoms with Crippen molar-refractivity contribution in [1.82, 2.24) is 4.57 Å². The Balaban J connectivity index is 1.83. The monoisotopic (exact) mass is 398 g/mol. The molecule has 0 unspecified atom stereocenters. The van der Waals surface area contributed by atoms with Crippen LogP contribution >= 0.6 is 0 Å². The predicted octanol–water partition coefficient (Wildman–Crippen LogP) is 6.00. The van der Waals surface area contributed by atoms with Crippen molar-refractivity contribution in [3.63, 3.8) is 0 Å². The minimum atomic E-state index is -0.418. The number of rotatable bonds is 5. The SMILES string of the molecule is CCn1c2ccc(Cc3ccccc3C)cc2c2cc(C(C)=NOC(C)=O)ccc21. The molecule has 30 heavy (non-hydrogen) atoms. The zero-order chi connectivity index (χ0) is 21.3. The van der Waals surface area contributed by atoms with Crippen molar-refractivity contribution in [2.75, 3.05) is 0 Å². The van der Waals surface area contributed by atoms with Gasteiger partial charge in [0.1, 0.15) is 0 Å². The molecule has 1 heterocycles. The molecule has 0 spiro atoms. The van der Waals surface area contributed by atoms with Crippen LogP contribution in [0.2, 0.25) is 0 Å². The summed E-state index contributed by atoms with van der Waals surface area (Å²) >= 11 is 0. The Bertz CT molecular complexity index is 1280. The Morgan fingerprint density at radius 2 is 1.67 bits per heavy atom. The summed E-state index contributed by atoms with van der Waals surface area (Å²) in [7, 11) is 0. The molecule has 0 bridgehead atoms. The normalized spacial score (nSPS) is 11.9. The maximum absolute atomic E-state index is 11.1. The summed E-state index contributed by atoms with van der Waals surface area (Å²) in [4.78, 5) is 15.9. The van der Waals surface area contributed by atoms with Crippen molar-refractivity contribution in [3.05, 3.63) is 82.9 Å². The third-order valence-corrected chi connectivity index (χ3v) is 5.63. The number of nitrogens with zero attached hydrogens (tertiary/aromatic N) is 2. The van der Waals surface area contributed by atoms with E-state index in [1.165, 1.54) is 45.4 Å². The van der Waals surface area contributed by atoms with Gasteiger partial charge in [-0.05, 0) is 73.7 Å². The summed E-state index contributed by atoms with van der Waals surface area (Å²) in [5.41, 5.74) is 8.01. The van der Waals surface area contributed by atoms with Gasteiger partial charge < -0.3 is 9.40 Å². The topological polar surface area (TPSA) is 43.6 Å². The van der Waals surface area contributed by atoms with Crippen LogP contribution in [0.4, 0.5) is 0 Å². The van der Waals surface area contributed by atoms with E-state index in [1.807, 2.05) is 13.0 Å². The first-order chi connectivity index (χ1) is 14.5. The summed E-state index contributed by atoms with van der Waals surface area (Å²) in [6.45, 7) is 8.43. The van der Waals surface area contributed by atoms with E-state index in [9.17, 15) is 4.79 Å². The standard InChI is InChI=1S/C26H26N2O2/c1-5-28-25-12-10-20(14-21-9-7-6-8-17(21)2)15-23(25)24-16-22(11-13-26(24)28)18(3)27-30-19(4)29/h6-13,15-16H,5,14H2,1-4H3. The van der Waals surface area contributed by atoms with Gasteiger partial charge in [-0.1, -0.05) is 41.6 Å². The second-order valence-electron chi connectivity index (χ2n) is 7.69. The van der Waals surface area contributed by atoms with Gasteiger partial charge in [-0.25, -0.2) is 4.79 Å². The third kappa shape index (κ3) is 3.73. The van der Waals surface area contributed by atoms with E-state index in [1.54, 1.807) is 0 Å². The molecule has 0 atom stereocenters. The Hall–Kier alpha value is -3.40. The lowest BCUT2D eigenvalue weighted by molar-refractivity contribution is -0.140. The lowest BCUT2D eigenvalue weighted by Crippen LogP contribution is -1.99. The zero-order valence-corrected chi connectivity index (χ0v) is 17.9. The number of aryl methyl sites for hydroxylation is 2. The molecule has 4 nitrogen and oxygen atoms in total. The van der Waals surface area contributed by atoms with E-state index in [2.05, 4.69) is 78.2 Å². The van der Waals surface area contributed by atoms with Crippen molar-refractivity contribution >= 4 is 33.5 Å². The smallest absolute Gasteiger partial charge is 0.331 e. The highest BCUT2D eigenvalue weighted by molar-refractivity contribution is 6.11. The molecule has 4 rings (SSSR count). The maximum Gasteiger partial charge on any atom is 0.331 e. The Morgan fingerprint density at radius 3 is 2.37 bits per heavy atom. The molecule has 0 amide bonds. The molecule has 0 N–H and O–H groups in total. The van der Waals surface area contributed by atoms with Crippen molar-refractivity contribution in [2.24, 2.45) is 5.16 Å². The van der Waals surface area contributed by atoms with Crippen LogP contribution < -0.4 is 0 Å². The Labute approximate surface area is 176 Å². The first-order valence-corrected chi connectivity index (χ1v) is 10.3. The molecule has 0 aliphatic heterocycles. The Kier molecular flexibility index (Phi) is 5.40. The second kappa shape index (κ2) is 8.15. The zero-order valence-electron chi connectivity index (χ0n) is 17.9. The molecule has 0 radical (unpaired) electrons. The largest absolute Gasteiger partial charge is 0.341 e. The first kappa shape index (κ1) is 19.9. The summed E-state index contributed by atoms with van der Waals surface area (Å²) in [5.74, 6) is -0.418. The highest BCUT2D eigenvalue weighted by Gasteiger charge is 2.12. The average molecular weight is 399 g/mol. The van der Waals surface area contributed by atoms with Gasteiger partial charge in [-0.2, -0.15) is 0 Å². The fraction of sp³-hybridized carbons (Fsp3) is 0.231. The highest BCUT2D eigenvalue weighted by atomic mass is 16.7. The molecular formula is C26H26N2O2. The van der Waals surface area contributed by atoms with Gasteiger partial charge in [-0.3, -0.25) is 0 Å². The quantitative estimate of drug-likeness (QED) is 0.235.